The summed E-state index contributed by atoms with van der Waals surface area (Å²) in [5.74, 6) is 0.719. The molecule has 0 aliphatic carbocycles. The molecule has 0 aliphatic heterocycles. The quantitative estimate of drug-likeness (QED) is 0.808. The second kappa shape index (κ2) is 7.08. The Bertz CT molecular complexity index is 709. The molecule has 6 nitrogen and oxygen atoms in total. The molecule has 0 unspecified atom stereocenters. The summed E-state index contributed by atoms with van der Waals surface area (Å²) in [6.45, 7) is 3.55. The smallest absolute Gasteiger partial charge is 0.271 e. The van der Waals surface area contributed by atoms with Gasteiger partial charge in [0.15, 0.2) is 0 Å². The molecule has 0 bridgehead atoms. The minimum atomic E-state index is -3.53. The maximum absolute atomic E-state index is 12.2. The first-order valence-corrected chi connectivity index (χ1v) is 9.11. The molecule has 0 fully saturated rings. The molecule has 2 aromatic rings. The second-order valence-electron chi connectivity index (χ2n) is 5.13. The van der Waals surface area contributed by atoms with Crippen LogP contribution < -0.4 is 10.0 Å². The van der Waals surface area contributed by atoms with Gasteiger partial charge in [-0.25, -0.2) is 13.4 Å². The van der Waals surface area contributed by atoms with Crippen molar-refractivity contribution in [1.29, 1.82) is 0 Å². The molecule has 0 radical (unpaired) electrons. The van der Waals surface area contributed by atoms with Crippen LogP contribution in [0.4, 0.5) is 11.5 Å². The fourth-order valence-corrected chi connectivity index (χ4v) is 4.05. The highest BCUT2D eigenvalue weighted by Gasteiger charge is 2.16. The number of thiophene rings is 1. The van der Waals surface area contributed by atoms with Gasteiger partial charge in [0.05, 0.1) is 11.9 Å². The van der Waals surface area contributed by atoms with E-state index in [0.717, 1.165) is 23.8 Å². The zero-order valence-corrected chi connectivity index (χ0v) is 14.5. The molecule has 0 aromatic carbocycles. The van der Waals surface area contributed by atoms with E-state index in [4.69, 9.17) is 0 Å². The molecule has 0 atom stereocenters. The number of likely N-dealkylation sites (N-methyl/N-ethyl adjacent to an activating group) is 1. The zero-order chi connectivity index (χ0) is 16.2. The van der Waals surface area contributed by atoms with Crippen molar-refractivity contribution in [3.63, 3.8) is 0 Å². The minimum Gasteiger partial charge on any atom is -0.369 e. The Morgan fingerprint density at radius 3 is 2.55 bits per heavy atom. The normalized spacial score (nSPS) is 11.6. The lowest BCUT2D eigenvalue weighted by molar-refractivity contribution is 0.425. The molecule has 8 heteroatoms. The van der Waals surface area contributed by atoms with Gasteiger partial charge in [-0.15, -0.1) is 11.3 Å². The first kappa shape index (κ1) is 16.7. The Morgan fingerprint density at radius 1 is 1.23 bits per heavy atom. The van der Waals surface area contributed by atoms with E-state index in [9.17, 15) is 8.42 Å². The average molecular weight is 340 g/mol. The van der Waals surface area contributed by atoms with E-state index in [2.05, 4.69) is 19.9 Å². The number of aryl methyl sites for hydroxylation is 1. The van der Waals surface area contributed by atoms with Gasteiger partial charge < -0.3 is 10.2 Å². The van der Waals surface area contributed by atoms with Crippen molar-refractivity contribution in [3.8, 4) is 0 Å². The molecule has 2 aromatic heterocycles. The van der Waals surface area contributed by atoms with Crippen molar-refractivity contribution in [2.24, 2.45) is 0 Å². The van der Waals surface area contributed by atoms with E-state index < -0.39 is 10.0 Å². The third kappa shape index (κ3) is 4.69. The van der Waals surface area contributed by atoms with Crippen LogP contribution in [0.25, 0.3) is 0 Å². The van der Waals surface area contributed by atoms with Crippen molar-refractivity contribution in [2.45, 2.75) is 11.1 Å². The highest BCUT2D eigenvalue weighted by Crippen LogP contribution is 2.23. The van der Waals surface area contributed by atoms with E-state index in [1.807, 2.05) is 21.0 Å². The number of sulfonamides is 1. The lowest BCUT2D eigenvalue weighted by Crippen LogP contribution is -2.21. The molecule has 2 heterocycles. The Kier molecular flexibility index (Phi) is 5.38. The Balaban J connectivity index is 1.99. The summed E-state index contributed by atoms with van der Waals surface area (Å²) >= 11 is 1.24. The van der Waals surface area contributed by atoms with Gasteiger partial charge in [-0.05, 0) is 45.3 Å². The first-order valence-electron chi connectivity index (χ1n) is 6.81. The van der Waals surface area contributed by atoms with E-state index in [1.165, 1.54) is 17.5 Å². The predicted molar refractivity (Wildman–Crippen MR) is 91.1 cm³/mol. The summed E-state index contributed by atoms with van der Waals surface area (Å²) in [4.78, 5) is 7.23. The lowest BCUT2D eigenvalue weighted by atomic mass is 10.4. The minimum absolute atomic E-state index is 0.304. The van der Waals surface area contributed by atoms with Gasteiger partial charge in [-0.2, -0.15) is 0 Å². The highest BCUT2D eigenvalue weighted by atomic mass is 32.2. The molecule has 0 aliphatic rings. The summed E-state index contributed by atoms with van der Waals surface area (Å²) < 4.78 is 27.2. The van der Waals surface area contributed by atoms with Gasteiger partial charge in [-0.1, -0.05) is 0 Å². The number of pyridine rings is 1. The number of hydrogen-bond donors (Lipinski definition) is 2. The zero-order valence-electron chi connectivity index (χ0n) is 12.8. The van der Waals surface area contributed by atoms with Crippen molar-refractivity contribution in [1.82, 2.24) is 9.88 Å². The number of anilines is 2. The van der Waals surface area contributed by atoms with Crippen LogP contribution in [0.1, 0.15) is 4.88 Å². The summed E-state index contributed by atoms with van der Waals surface area (Å²) in [6, 6.07) is 6.85. The Hall–Kier alpha value is -1.64. The second-order valence-corrected chi connectivity index (χ2v) is 8.33. The van der Waals surface area contributed by atoms with Crippen molar-refractivity contribution in [3.05, 3.63) is 35.3 Å². The number of hydrogen-bond acceptors (Lipinski definition) is 6. The largest absolute Gasteiger partial charge is 0.369 e. The molecule has 0 amide bonds. The average Bonchev–Trinajstić information content (AvgIpc) is 2.88. The number of aromatic nitrogens is 1. The lowest BCUT2D eigenvalue weighted by Gasteiger charge is -2.11. The fourth-order valence-electron chi connectivity index (χ4n) is 1.73. The van der Waals surface area contributed by atoms with Gasteiger partial charge >= 0.3 is 0 Å². The number of rotatable bonds is 7. The monoisotopic (exact) mass is 340 g/mol. The molecule has 2 rings (SSSR count). The van der Waals surface area contributed by atoms with Crippen molar-refractivity contribution in [2.75, 3.05) is 37.2 Å². The van der Waals surface area contributed by atoms with Crippen molar-refractivity contribution < 1.29 is 8.42 Å². The summed E-state index contributed by atoms with van der Waals surface area (Å²) in [7, 11) is 0.466. The first-order chi connectivity index (χ1) is 10.4. The van der Waals surface area contributed by atoms with Crippen molar-refractivity contribution >= 4 is 32.9 Å². The maximum atomic E-state index is 12.2. The Labute approximate surface area is 135 Å². The summed E-state index contributed by atoms with van der Waals surface area (Å²) in [5, 5.41) is 3.17. The van der Waals surface area contributed by atoms with Gasteiger partial charge in [0.25, 0.3) is 10.0 Å². The van der Waals surface area contributed by atoms with Gasteiger partial charge in [0.2, 0.25) is 0 Å². The molecule has 0 saturated carbocycles. The standard InChI is InChI=1S/C14H20N4O2S2/c1-11-4-7-14(21-11)22(19,20)17-12-5-6-13(16-10-12)15-8-9-18(2)3/h4-7,10,17H,8-9H2,1-3H3,(H,15,16). The Morgan fingerprint density at radius 2 is 2.00 bits per heavy atom. The van der Waals surface area contributed by atoms with E-state index in [0.29, 0.717) is 9.90 Å². The van der Waals surface area contributed by atoms with E-state index in [1.54, 1.807) is 24.3 Å². The van der Waals surface area contributed by atoms with Gasteiger partial charge in [0, 0.05) is 18.0 Å². The van der Waals surface area contributed by atoms with Crippen LogP contribution in [-0.2, 0) is 10.0 Å². The third-order valence-corrected chi connectivity index (χ3v) is 5.74. The molecule has 22 heavy (non-hydrogen) atoms. The van der Waals surface area contributed by atoms with Gasteiger partial charge in [-0.3, -0.25) is 4.72 Å². The molecular weight excluding hydrogens is 320 g/mol. The van der Waals surface area contributed by atoms with Crippen LogP contribution in [-0.4, -0.2) is 45.5 Å². The van der Waals surface area contributed by atoms with Crippen LogP contribution in [0.2, 0.25) is 0 Å². The van der Waals surface area contributed by atoms with Crippen LogP contribution in [0.3, 0.4) is 0 Å². The summed E-state index contributed by atoms with van der Waals surface area (Å²) in [5.41, 5.74) is 0.448. The van der Waals surface area contributed by atoms with E-state index >= 15 is 0 Å². The molecule has 0 saturated heterocycles. The molecule has 0 spiro atoms. The van der Waals surface area contributed by atoms with Gasteiger partial charge in [0.1, 0.15) is 10.0 Å². The maximum Gasteiger partial charge on any atom is 0.271 e. The van der Waals surface area contributed by atoms with Crippen LogP contribution in [0, 0.1) is 6.92 Å². The summed E-state index contributed by atoms with van der Waals surface area (Å²) in [6.07, 6.45) is 1.51. The van der Waals surface area contributed by atoms with Crippen LogP contribution >= 0.6 is 11.3 Å². The molecule has 120 valence electrons. The fraction of sp³-hybridized carbons (Fsp3) is 0.357. The topological polar surface area (TPSA) is 74.3 Å². The molecular formula is C14H20N4O2S2. The molecule has 2 N–H and O–H groups in total. The SMILES string of the molecule is Cc1ccc(S(=O)(=O)Nc2ccc(NCCN(C)C)nc2)s1. The predicted octanol–water partition coefficient (Wildman–Crippen LogP) is 2.23. The van der Waals surface area contributed by atoms with Crippen LogP contribution in [0.5, 0.6) is 0 Å². The third-order valence-electron chi connectivity index (χ3n) is 2.86. The number of nitrogens with zero attached hydrogens (tertiary/aromatic N) is 2. The van der Waals surface area contributed by atoms with Crippen LogP contribution in [0.15, 0.2) is 34.7 Å². The number of nitrogens with one attached hydrogen (secondary N) is 2. The van der Waals surface area contributed by atoms with E-state index in [-0.39, 0.29) is 0 Å². The highest BCUT2D eigenvalue weighted by molar-refractivity contribution is 7.94.